The van der Waals surface area contributed by atoms with E-state index >= 15 is 0 Å². The molecule has 0 saturated heterocycles. The van der Waals surface area contributed by atoms with Gasteiger partial charge < -0.3 is 11.1 Å². The van der Waals surface area contributed by atoms with E-state index in [1.165, 1.54) is 11.8 Å². The van der Waals surface area contributed by atoms with Gasteiger partial charge in [-0.25, -0.2) is 0 Å². The molecule has 1 aromatic rings. The summed E-state index contributed by atoms with van der Waals surface area (Å²) in [5.41, 5.74) is 6.53. The minimum absolute atomic E-state index is 0.0445. The standard InChI is InChI=1S/C12H17BrN2OS/c1-8(2)6-15-12(16)7-17-11-5-9(13)3-4-10(11)14/h3-5,8H,6-7,14H2,1-2H3,(H,15,16). The van der Waals surface area contributed by atoms with Gasteiger partial charge in [-0.2, -0.15) is 0 Å². The van der Waals surface area contributed by atoms with E-state index in [1.54, 1.807) is 0 Å². The Morgan fingerprint density at radius 2 is 2.24 bits per heavy atom. The van der Waals surface area contributed by atoms with Crippen LogP contribution < -0.4 is 11.1 Å². The van der Waals surface area contributed by atoms with E-state index in [0.717, 1.165) is 9.37 Å². The van der Waals surface area contributed by atoms with Gasteiger partial charge in [-0.15, -0.1) is 11.8 Å². The molecule has 0 spiro atoms. The van der Waals surface area contributed by atoms with Crippen molar-refractivity contribution in [2.24, 2.45) is 5.92 Å². The fourth-order valence-electron chi connectivity index (χ4n) is 1.15. The van der Waals surface area contributed by atoms with Crippen molar-refractivity contribution in [2.75, 3.05) is 18.0 Å². The number of hydrogen-bond donors (Lipinski definition) is 2. The first-order valence-corrected chi connectivity index (χ1v) is 7.21. The van der Waals surface area contributed by atoms with Crippen LogP contribution in [0.5, 0.6) is 0 Å². The molecular formula is C12H17BrN2OS. The number of benzene rings is 1. The molecule has 1 aromatic carbocycles. The van der Waals surface area contributed by atoms with Crippen LogP contribution >= 0.6 is 27.7 Å². The number of amides is 1. The van der Waals surface area contributed by atoms with Gasteiger partial charge in [0.2, 0.25) is 5.91 Å². The third-order valence-corrected chi connectivity index (χ3v) is 3.61. The number of carbonyl (C=O) groups excluding carboxylic acids is 1. The Balaban J connectivity index is 2.44. The van der Waals surface area contributed by atoms with E-state index in [4.69, 9.17) is 5.73 Å². The van der Waals surface area contributed by atoms with Crippen molar-refractivity contribution >= 4 is 39.3 Å². The molecule has 17 heavy (non-hydrogen) atoms. The summed E-state index contributed by atoms with van der Waals surface area (Å²) in [7, 11) is 0. The summed E-state index contributed by atoms with van der Waals surface area (Å²) in [6.45, 7) is 4.85. The molecular weight excluding hydrogens is 300 g/mol. The first-order chi connectivity index (χ1) is 7.99. The van der Waals surface area contributed by atoms with Crippen LogP contribution in [0.15, 0.2) is 27.6 Å². The average molecular weight is 317 g/mol. The van der Waals surface area contributed by atoms with Gasteiger partial charge in [-0.05, 0) is 24.1 Å². The van der Waals surface area contributed by atoms with Crippen LogP contribution in [-0.4, -0.2) is 18.2 Å². The lowest BCUT2D eigenvalue weighted by Gasteiger charge is -2.08. The number of anilines is 1. The van der Waals surface area contributed by atoms with Crippen LogP contribution in [-0.2, 0) is 4.79 Å². The number of hydrogen-bond acceptors (Lipinski definition) is 3. The third kappa shape index (κ3) is 5.46. The fourth-order valence-corrected chi connectivity index (χ4v) is 2.49. The molecule has 0 fully saturated rings. The Bertz CT molecular complexity index is 396. The largest absolute Gasteiger partial charge is 0.398 e. The summed E-state index contributed by atoms with van der Waals surface area (Å²) in [4.78, 5) is 12.5. The number of rotatable bonds is 5. The second kappa shape index (κ2) is 6.91. The molecule has 0 unspecified atom stereocenters. The van der Waals surface area contributed by atoms with Crippen molar-refractivity contribution in [1.29, 1.82) is 0 Å². The fraction of sp³-hybridized carbons (Fsp3) is 0.417. The smallest absolute Gasteiger partial charge is 0.230 e. The molecule has 0 bridgehead atoms. The molecule has 3 N–H and O–H groups in total. The van der Waals surface area contributed by atoms with Crippen molar-refractivity contribution in [2.45, 2.75) is 18.7 Å². The minimum Gasteiger partial charge on any atom is -0.398 e. The SMILES string of the molecule is CC(C)CNC(=O)CSc1cc(Br)ccc1N. The molecule has 0 aliphatic heterocycles. The summed E-state index contributed by atoms with van der Waals surface area (Å²) in [6, 6.07) is 5.65. The van der Waals surface area contributed by atoms with Gasteiger partial charge in [-0.3, -0.25) is 4.79 Å². The number of nitrogens with two attached hydrogens (primary N) is 1. The number of thioether (sulfide) groups is 1. The van der Waals surface area contributed by atoms with E-state index in [-0.39, 0.29) is 5.91 Å². The Kier molecular flexibility index (Phi) is 5.85. The zero-order chi connectivity index (χ0) is 12.8. The highest BCUT2D eigenvalue weighted by atomic mass is 79.9. The first kappa shape index (κ1) is 14.4. The van der Waals surface area contributed by atoms with Gasteiger partial charge in [0.1, 0.15) is 0 Å². The number of nitrogens with one attached hydrogen (secondary N) is 1. The van der Waals surface area contributed by atoms with E-state index < -0.39 is 0 Å². The highest BCUT2D eigenvalue weighted by molar-refractivity contribution is 9.10. The van der Waals surface area contributed by atoms with E-state index in [0.29, 0.717) is 23.9 Å². The minimum atomic E-state index is 0.0445. The Morgan fingerprint density at radius 1 is 1.53 bits per heavy atom. The second-order valence-corrected chi connectivity index (χ2v) is 6.10. The third-order valence-electron chi connectivity index (χ3n) is 2.04. The van der Waals surface area contributed by atoms with Gasteiger partial charge in [-0.1, -0.05) is 29.8 Å². The van der Waals surface area contributed by atoms with Crippen molar-refractivity contribution < 1.29 is 4.79 Å². The molecule has 0 heterocycles. The van der Waals surface area contributed by atoms with Gasteiger partial charge in [0, 0.05) is 21.6 Å². The molecule has 0 saturated carbocycles. The summed E-state index contributed by atoms with van der Waals surface area (Å²) in [5.74, 6) is 0.913. The first-order valence-electron chi connectivity index (χ1n) is 5.43. The summed E-state index contributed by atoms with van der Waals surface area (Å²) >= 11 is 4.84. The zero-order valence-electron chi connectivity index (χ0n) is 10.00. The van der Waals surface area contributed by atoms with Gasteiger partial charge in [0.05, 0.1) is 5.75 Å². The number of carbonyl (C=O) groups is 1. The van der Waals surface area contributed by atoms with E-state index in [9.17, 15) is 4.79 Å². The summed E-state index contributed by atoms with van der Waals surface area (Å²) in [6.07, 6.45) is 0. The zero-order valence-corrected chi connectivity index (χ0v) is 12.4. The predicted molar refractivity (Wildman–Crippen MR) is 77.1 cm³/mol. The van der Waals surface area contributed by atoms with Crippen molar-refractivity contribution in [1.82, 2.24) is 5.32 Å². The van der Waals surface area contributed by atoms with Crippen LogP contribution in [0, 0.1) is 5.92 Å². The molecule has 0 radical (unpaired) electrons. The average Bonchev–Trinajstić information content (AvgIpc) is 2.27. The van der Waals surface area contributed by atoms with Crippen LogP contribution in [0.4, 0.5) is 5.69 Å². The normalized spacial score (nSPS) is 10.6. The van der Waals surface area contributed by atoms with E-state index in [1.807, 2.05) is 18.2 Å². The summed E-state index contributed by atoms with van der Waals surface area (Å²) in [5, 5.41) is 2.87. The lowest BCUT2D eigenvalue weighted by atomic mass is 10.2. The molecule has 0 aliphatic carbocycles. The maximum absolute atomic E-state index is 11.5. The Morgan fingerprint density at radius 3 is 2.88 bits per heavy atom. The monoisotopic (exact) mass is 316 g/mol. The Hall–Kier alpha value is -0.680. The van der Waals surface area contributed by atoms with Crippen LogP contribution in [0.1, 0.15) is 13.8 Å². The van der Waals surface area contributed by atoms with Crippen LogP contribution in [0.25, 0.3) is 0 Å². The molecule has 94 valence electrons. The van der Waals surface area contributed by atoms with Crippen molar-refractivity contribution in [3.05, 3.63) is 22.7 Å². The predicted octanol–water partition coefficient (Wildman–Crippen LogP) is 2.90. The molecule has 0 atom stereocenters. The van der Waals surface area contributed by atoms with Gasteiger partial charge in [0.15, 0.2) is 0 Å². The topological polar surface area (TPSA) is 55.1 Å². The lowest BCUT2D eigenvalue weighted by molar-refractivity contribution is -0.118. The molecule has 5 heteroatoms. The second-order valence-electron chi connectivity index (χ2n) is 4.17. The van der Waals surface area contributed by atoms with E-state index in [2.05, 4.69) is 35.1 Å². The van der Waals surface area contributed by atoms with Crippen LogP contribution in [0.2, 0.25) is 0 Å². The van der Waals surface area contributed by atoms with Gasteiger partial charge >= 0.3 is 0 Å². The molecule has 0 aliphatic rings. The highest BCUT2D eigenvalue weighted by Gasteiger charge is 2.06. The molecule has 3 nitrogen and oxygen atoms in total. The van der Waals surface area contributed by atoms with Gasteiger partial charge in [0.25, 0.3) is 0 Å². The summed E-state index contributed by atoms with van der Waals surface area (Å²) < 4.78 is 0.969. The quantitative estimate of drug-likeness (QED) is 0.648. The number of nitrogen functional groups attached to an aromatic ring is 1. The highest BCUT2D eigenvalue weighted by Crippen LogP contribution is 2.27. The Labute approximate surface area is 115 Å². The number of halogens is 1. The molecule has 0 aromatic heterocycles. The maximum Gasteiger partial charge on any atom is 0.230 e. The molecule has 1 rings (SSSR count). The molecule has 1 amide bonds. The van der Waals surface area contributed by atoms with Crippen molar-refractivity contribution in [3.63, 3.8) is 0 Å². The van der Waals surface area contributed by atoms with Crippen molar-refractivity contribution in [3.8, 4) is 0 Å². The van der Waals surface area contributed by atoms with Crippen LogP contribution in [0.3, 0.4) is 0 Å². The maximum atomic E-state index is 11.5. The lowest BCUT2D eigenvalue weighted by Crippen LogP contribution is -2.28.